The minimum absolute atomic E-state index is 0.0835. The molecule has 0 radical (unpaired) electrons. The molecular weight excluding hydrogens is 266 g/mol. The number of aryl methyl sites for hydroxylation is 1. The van der Waals surface area contributed by atoms with Gasteiger partial charge < -0.3 is 9.30 Å². The highest BCUT2D eigenvalue weighted by Crippen LogP contribution is 2.35. The smallest absolute Gasteiger partial charge is 0.150 e. The largest absolute Gasteiger partial charge is 0.379 e. The van der Waals surface area contributed by atoms with E-state index in [1.165, 1.54) is 0 Å². The molecule has 1 aliphatic heterocycles. The molecule has 1 saturated heterocycles. The number of rotatable bonds is 4. The second-order valence-electron chi connectivity index (χ2n) is 5.05. The fourth-order valence-corrected chi connectivity index (χ4v) is 2.43. The number of nitrogens with zero attached hydrogens (tertiary/aromatic N) is 3. The first kappa shape index (κ1) is 15.4. The summed E-state index contributed by atoms with van der Waals surface area (Å²) in [5, 5.41) is 8.05. The lowest BCUT2D eigenvalue weighted by Gasteiger charge is -2.41. The van der Waals surface area contributed by atoms with Crippen LogP contribution in [-0.2, 0) is 23.6 Å². The van der Waals surface area contributed by atoms with E-state index in [-0.39, 0.29) is 5.41 Å². The van der Waals surface area contributed by atoms with Gasteiger partial charge in [-0.1, -0.05) is 32.0 Å². The van der Waals surface area contributed by atoms with Crippen molar-refractivity contribution < 1.29 is 9.53 Å². The highest BCUT2D eigenvalue weighted by molar-refractivity contribution is 5.75. The van der Waals surface area contributed by atoms with E-state index in [0.29, 0.717) is 18.8 Å². The van der Waals surface area contributed by atoms with Crippen molar-refractivity contribution in [3.63, 3.8) is 0 Å². The molecule has 0 bridgehead atoms. The van der Waals surface area contributed by atoms with Crippen molar-refractivity contribution in [2.24, 2.45) is 7.05 Å². The molecule has 2 heterocycles. The summed E-state index contributed by atoms with van der Waals surface area (Å²) in [5.41, 5.74) is 1.74. The van der Waals surface area contributed by atoms with Gasteiger partial charge in [0.1, 0.15) is 18.4 Å². The third-order valence-electron chi connectivity index (χ3n) is 3.69. The van der Waals surface area contributed by atoms with Gasteiger partial charge in [0.15, 0.2) is 0 Å². The number of hydrogen-bond donors (Lipinski definition) is 0. The highest BCUT2D eigenvalue weighted by Gasteiger charge is 2.41. The predicted octanol–water partition coefficient (Wildman–Crippen LogP) is 2.16. The van der Waals surface area contributed by atoms with E-state index in [9.17, 15) is 4.79 Å². The van der Waals surface area contributed by atoms with Crippen LogP contribution in [0.2, 0.25) is 0 Å². The third kappa shape index (κ3) is 3.03. The highest BCUT2D eigenvalue weighted by atomic mass is 16.5. The maximum atomic E-state index is 10.9. The first-order chi connectivity index (χ1) is 10.2. The van der Waals surface area contributed by atoms with E-state index in [0.717, 1.165) is 24.1 Å². The SMILES string of the molecule is CC.Cn1cnnc1CC1(c2cccc(C=O)c2)COC1. The van der Waals surface area contributed by atoms with Crippen LogP contribution in [0.1, 0.15) is 35.6 Å². The molecule has 5 heteroatoms. The number of aromatic nitrogens is 3. The third-order valence-corrected chi connectivity index (χ3v) is 3.69. The van der Waals surface area contributed by atoms with Crippen molar-refractivity contribution in [3.05, 3.63) is 47.5 Å². The molecule has 0 saturated carbocycles. The fraction of sp³-hybridized carbons (Fsp3) is 0.438. The van der Waals surface area contributed by atoms with Crippen molar-refractivity contribution in [3.8, 4) is 0 Å². The Labute approximate surface area is 125 Å². The van der Waals surface area contributed by atoms with Crippen LogP contribution in [0.25, 0.3) is 0 Å². The molecule has 1 fully saturated rings. The number of aldehydes is 1. The van der Waals surface area contributed by atoms with E-state index in [4.69, 9.17) is 4.74 Å². The van der Waals surface area contributed by atoms with Gasteiger partial charge in [-0.15, -0.1) is 10.2 Å². The first-order valence-electron chi connectivity index (χ1n) is 7.20. The van der Waals surface area contributed by atoms with Crippen LogP contribution in [0, 0.1) is 0 Å². The van der Waals surface area contributed by atoms with Gasteiger partial charge >= 0.3 is 0 Å². The Morgan fingerprint density at radius 3 is 2.67 bits per heavy atom. The van der Waals surface area contributed by atoms with Gasteiger partial charge in [-0.3, -0.25) is 4.79 Å². The minimum atomic E-state index is -0.0835. The van der Waals surface area contributed by atoms with E-state index in [1.54, 1.807) is 6.33 Å². The number of ether oxygens (including phenoxy) is 1. The Kier molecular flexibility index (Phi) is 4.85. The number of hydrogen-bond acceptors (Lipinski definition) is 4. The summed E-state index contributed by atoms with van der Waals surface area (Å²) in [5.74, 6) is 0.930. The van der Waals surface area contributed by atoms with Gasteiger partial charge in [0.25, 0.3) is 0 Å². The quantitative estimate of drug-likeness (QED) is 0.809. The number of carbonyl (C=O) groups excluding carboxylic acids is 1. The average Bonchev–Trinajstić information content (AvgIpc) is 2.90. The van der Waals surface area contributed by atoms with Crippen molar-refractivity contribution >= 4 is 6.29 Å². The van der Waals surface area contributed by atoms with Crippen molar-refractivity contribution in [2.45, 2.75) is 25.7 Å². The van der Waals surface area contributed by atoms with Gasteiger partial charge in [0, 0.05) is 24.4 Å². The second-order valence-corrected chi connectivity index (χ2v) is 5.05. The molecule has 0 N–H and O–H groups in total. The molecular formula is C16H21N3O2. The summed E-state index contributed by atoms with van der Waals surface area (Å²) >= 11 is 0. The van der Waals surface area contributed by atoms with Crippen molar-refractivity contribution in [1.29, 1.82) is 0 Å². The number of carbonyl (C=O) groups is 1. The van der Waals surface area contributed by atoms with Crippen LogP contribution >= 0.6 is 0 Å². The molecule has 1 aromatic heterocycles. The molecule has 1 aromatic carbocycles. The molecule has 112 valence electrons. The monoisotopic (exact) mass is 287 g/mol. The summed E-state index contributed by atoms with van der Waals surface area (Å²) in [6.45, 7) is 5.31. The summed E-state index contributed by atoms with van der Waals surface area (Å²) < 4.78 is 7.33. The average molecular weight is 287 g/mol. The zero-order valence-corrected chi connectivity index (χ0v) is 12.7. The van der Waals surface area contributed by atoms with Crippen molar-refractivity contribution in [1.82, 2.24) is 14.8 Å². The molecule has 3 rings (SSSR count). The van der Waals surface area contributed by atoms with E-state index in [1.807, 2.05) is 49.7 Å². The molecule has 0 atom stereocenters. The molecule has 0 amide bonds. The van der Waals surface area contributed by atoms with Crippen molar-refractivity contribution in [2.75, 3.05) is 13.2 Å². The van der Waals surface area contributed by atoms with Crippen LogP contribution in [-0.4, -0.2) is 34.3 Å². The van der Waals surface area contributed by atoms with Crippen LogP contribution < -0.4 is 0 Å². The molecule has 1 aliphatic rings. The Balaban J connectivity index is 0.000000774. The van der Waals surface area contributed by atoms with Gasteiger partial charge in [0.2, 0.25) is 0 Å². The minimum Gasteiger partial charge on any atom is -0.379 e. The number of benzene rings is 1. The maximum Gasteiger partial charge on any atom is 0.150 e. The standard InChI is InChI=1S/C14H15N3O2.C2H6/c1-17-10-15-16-13(17)6-14(8-19-9-14)12-4-2-3-11(5-12)7-18;1-2/h2-5,7,10H,6,8-9H2,1H3;1-2H3. The molecule has 0 unspecified atom stereocenters. The fourth-order valence-electron chi connectivity index (χ4n) is 2.43. The van der Waals surface area contributed by atoms with Gasteiger partial charge in [-0.2, -0.15) is 0 Å². The Hall–Kier alpha value is -2.01. The van der Waals surface area contributed by atoms with Gasteiger partial charge in [-0.05, 0) is 11.6 Å². The Morgan fingerprint density at radius 1 is 1.38 bits per heavy atom. The topological polar surface area (TPSA) is 57.0 Å². The summed E-state index contributed by atoms with van der Waals surface area (Å²) in [4.78, 5) is 10.9. The molecule has 5 nitrogen and oxygen atoms in total. The lowest BCUT2D eigenvalue weighted by atomic mass is 9.75. The Bertz CT molecular complexity index is 603. The molecule has 2 aromatic rings. The molecule has 0 aliphatic carbocycles. The normalized spacial score (nSPS) is 15.6. The van der Waals surface area contributed by atoms with Gasteiger partial charge in [0.05, 0.1) is 13.2 Å². The summed E-state index contributed by atoms with van der Waals surface area (Å²) in [6, 6.07) is 7.71. The maximum absolute atomic E-state index is 10.9. The Morgan fingerprint density at radius 2 is 2.14 bits per heavy atom. The summed E-state index contributed by atoms with van der Waals surface area (Å²) in [6.07, 6.45) is 3.34. The zero-order valence-electron chi connectivity index (χ0n) is 12.7. The zero-order chi connectivity index (χ0) is 15.3. The van der Waals surface area contributed by atoms with Crippen LogP contribution in [0.15, 0.2) is 30.6 Å². The van der Waals surface area contributed by atoms with Crippen LogP contribution in [0.5, 0.6) is 0 Å². The summed E-state index contributed by atoms with van der Waals surface area (Å²) in [7, 11) is 1.93. The van der Waals surface area contributed by atoms with Crippen LogP contribution in [0.3, 0.4) is 0 Å². The van der Waals surface area contributed by atoms with E-state index in [2.05, 4.69) is 10.2 Å². The van der Waals surface area contributed by atoms with Gasteiger partial charge in [-0.25, -0.2) is 0 Å². The lowest BCUT2D eigenvalue weighted by molar-refractivity contribution is -0.0611. The van der Waals surface area contributed by atoms with Crippen LogP contribution in [0.4, 0.5) is 0 Å². The predicted molar refractivity (Wildman–Crippen MR) is 80.4 cm³/mol. The molecule has 0 spiro atoms. The second kappa shape index (κ2) is 6.63. The van der Waals surface area contributed by atoms with E-state index < -0.39 is 0 Å². The molecule has 21 heavy (non-hydrogen) atoms. The first-order valence-corrected chi connectivity index (χ1v) is 7.20. The lowest BCUT2D eigenvalue weighted by Crippen LogP contribution is -2.49. The van der Waals surface area contributed by atoms with E-state index >= 15 is 0 Å².